The molecule has 0 atom stereocenters. The molecule has 29 heavy (non-hydrogen) atoms. The van der Waals surface area contributed by atoms with Crippen LogP contribution in [0.25, 0.3) is 21.6 Å². The lowest BCUT2D eigenvalue weighted by Gasteiger charge is -2.05. The van der Waals surface area contributed by atoms with E-state index in [1.165, 1.54) is 27.9 Å². The van der Waals surface area contributed by atoms with Gasteiger partial charge in [0.05, 0.1) is 17.3 Å². The normalized spacial score (nSPS) is 13.9. The first-order chi connectivity index (χ1) is 13.9. The van der Waals surface area contributed by atoms with E-state index in [0.717, 1.165) is 41.8 Å². The van der Waals surface area contributed by atoms with Crippen LogP contribution < -0.4 is 5.56 Å². The zero-order valence-electron chi connectivity index (χ0n) is 14.9. The summed E-state index contributed by atoms with van der Waals surface area (Å²) < 4.78 is 44.7. The molecule has 0 saturated carbocycles. The van der Waals surface area contributed by atoms with Crippen molar-refractivity contribution >= 4 is 21.6 Å². The van der Waals surface area contributed by atoms with E-state index in [0.29, 0.717) is 10.9 Å². The Kier molecular flexibility index (Phi) is 4.05. The summed E-state index contributed by atoms with van der Waals surface area (Å²) in [5.41, 5.74) is 0.584. The van der Waals surface area contributed by atoms with Crippen LogP contribution in [0.4, 0.5) is 13.2 Å². The van der Waals surface area contributed by atoms with Gasteiger partial charge in [0.15, 0.2) is 0 Å². The molecule has 10 heteroatoms. The van der Waals surface area contributed by atoms with E-state index in [-0.39, 0.29) is 23.8 Å². The first kappa shape index (κ1) is 18.0. The topological polar surface area (TPSA) is 73.8 Å². The monoisotopic (exact) mass is 418 g/mol. The lowest BCUT2D eigenvalue weighted by Crippen LogP contribution is -2.21. The molecule has 0 spiro atoms. The molecule has 0 saturated heterocycles. The van der Waals surface area contributed by atoms with Crippen molar-refractivity contribution in [3.63, 3.8) is 0 Å². The summed E-state index contributed by atoms with van der Waals surface area (Å²) >= 11 is 1.56. The fraction of sp³-hybridized carbons (Fsp3) is 0.263. The summed E-state index contributed by atoms with van der Waals surface area (Å²) in [7, 11) is 0. The molecule has 3 aromatic heterocycles. The van der Waals surface area contributed by atoms with Gasteiger partial charge in [0.1, 0.15) is 11.4 Å². The van der Waals surface area contributed by atoms with E-state index in [9.17, 15) is 18.0 Å². The third kappa shape index (κ3) is 3.13. The first-order valence-electron chi connectivity index (χ1n) is 8.90. The predicted molar refractivity (Wildman–Crippen MR) is 99.7 cm³/mol. The van der Waals surface area contributed by atoms with Gasteiger partial charge in [-0.3, -0.25) is 9.36 Å². The van der Waals surface area contributed by atoms with Gasteiger partial charge in [0.25, 0.3) is 5.56 Å². The molecule has 148 valence electrons. The molecule has 0 aliphatic heterocycles. The molecule has 1 aliphatic carbocycles. The second-order valence-electron chi connectivity index (χ2n) is 6.80. The van der Waals surface area contributed by atoms with E-state index in [2.05, 4.69) is 15.1 Å². The van der Waals surface area contributed by atoms with Crippen molar-refractivity contribution < 1.29 is 17.7 Å². The number of alkyl halides is 3. The number of benzene rings is 1. The van der Waals surface area contributed by atoms with Gasteiger partial charge in [-0.25, -0.2) is 4.98 Å². The molecule has 0 N–H and O–H groups in total. The Labute approximate surface area is 165 Å². The van der Waals surface area contributed by atoms with Gasteiger partial charge in [-0.05, 0) is 37.0 Å². The van der Waals surface area contributed by atoms with Gasteiger partial charge < -0.3 is 4.52 Å². The highest BCUT2D eigenvalue weighted by atomic mass is 32.1. The molecule has 0 unspecified atom stereocenters. The summed E-state index contributed by atoms with van der Waals surface area (Å²) in [6, 6.07) is 4.49. The molecule has 0 amide bonds. The number of thiophene rings is 1. The Hall–Kier alpha value is -3.01. The zero-order valence-corrected chi connectivity index (χ0v) is 15.7. The van der Waals surface area contributed by atoms with E-state index < -0.39 is 11.7 Å². The fourth-order valence-corrected chi connectivity index (χ4v) is 4.74. The standard InChI is InChI=1S/C19H13F3N4O2S/c20-19(21,22)11-6-4-10(5-7-11)16-24-14(28-25-16)8-26-9-23-17-15(18(26)27)12-2-1-3-13(12)29-17/h4-7,9H,1-3,8H2. The number of nitrogens with zero attached hydrogens (tertiary/aromatic N) is 4. The van der Waals surface area contributed by atoms with E-state index >= 15 is 0 Å². The average Bonchev–Trinajstić information content (AvgIpc) is 3.39. The van der Waals surface area contributed by atoms with Crippen LogP contribution >= 0.6 is 11.3 Å². The number of rotatable bonds is 3. The van der Waals surface area contributed by atoms with Gasteiger partial charge in [0.2, 0.25) is 11.7 Å². The van der Waals surface area contributed by atoms with Crippen molar-refractivity contribution in [2.75, 3.05) is 0 Å². The minimum Gasteiger partial charge on any atom is -0.337 e. The molecule has 4 aromatic rings. The number of fused-ring (bicyclic) bond motifs is 3. The number of aryl methyl sites for hydroxylation is 2. The smallest absolute Gasteiger partial charge is 0.337 e. The van der Waals surface area contributed by atoms with Crippen LogP contribution in [0.15, 0.2) is 39.9 Å². The summed E-state index contributed by atoms with van der Waals surface area (Å²) in [6.07, 6.45) is -0.0374. The van der Waals surface area contributed by atoms with Gasteiger partial charge in [0, 0.05) is 10.4 Å². The lowest BCUT2D eigenvalue weighted by atomic mass is 10.1. The summed E-state index contributed by atoms with van der Waals surface area (Å²) in [5, 5.41) is 4.47. The second-order valence-corrected chi connectivity index (χ2v) is 7.89. The Morgan fingerprint density at radius 1 is 1.17 bits per heavy atom. The molecule has 6 nitrogen and oxygen atoms in total. The number of hydrogen-bond acceptors (Lipinski definition) is 6. The minimum absolute atomic E-state index is 0.0417. The molecular weight excluding hydrogens is 405 g/mol. The molecule has 0 radical (unpaired) electrons. The molecule has 0 fully saturated rings. The van der Waals surface area contributed by atoms with Gasteiger partial charge in [-0.15, -0.1) is 11.3 Å². The summed E-state index contributed by atoms with van der Waals surface area (Å²) in [6.45, 7) is 0.0417. The van der Waals surface area contributed by atoms with E-state index in [1.807, 2.05) is 0 Å². The highest BCUT2D eigenvalue weighted by Crippen LogP contribution is 2.34. The van der Waals surface area contributed by atoms with Crippen LogP contribution in [-0.4, -0.2) is 19.7 Å². The number of aromatic nitrogens is 4. The third-order valence-electron chi connectivity index (χ3n) is 4.94. The van der Waals surface area contributed by atoms with Crippen LogP contribution in [-0.2, 0) is 25.6 Å². The van der Waals surface area contributed by atoms with Crippen LogP contribution in [0.1, 0.15) is 28.3 Å². The quantitative estimate of drug-likeness (QED) is 0.502. The molecule has 0 bridgehead atoms. The Balaban J connectivity index is 1.43. The largest absolute Gasteiger partial charge is 0.416 e. The SMILES string of the molecule is O=c1c2c3c(sc2ncn1Cc1nc(-c2ccc(C(F)(F)F)cc2)no1)CCC3. The van der Waals surface area contributed by atoms with Crippen molar-refractivity contribution in [2.45, 2.75) is 32.0 Å². The van der Waals surface area contributed by atoms with E-state index in [4.69, 9.17) is 4.52 Å². The maximum absolute atomic E-state index is 12.9. The van der Waals surface area contributed by atoms with Crippen molar-refractivity contribution in [2.24, 2.45) is 0 Å². The second kappa shape index (κ2) is 6.51. The number of halogens is 3. The summed E-state index contributed by atoms with van der Waals surface area (Å²) in [5.74, 6) is 0.335. The van der Waals surface area contributed by atoms with E-state index in [1.54, 1.807) is 11.3 Å². The third-order valence-corrected chi connectivity index (χ3v) is 6.14. The van der Waals surface area contributed by atoms with Gasteiger partial charge in [-0.1, -0.05) is 17.3 Å². The molecular formula is C19H13F3N4O2S. The Morgan fingerprint density at radius 3 is 2.72 bits per heavy atom. The van der Waals surface area contributed by atoms with Crippen LogP contribution in [0.5, 0.6) is 0 Å². The highest BCUT2D eigenvalue weighted by Gasteiger charge is 2.30. The average molecular weight is 418 g/mol. The van der Waals surface area contributed by atoms with Crippen molar-refractivity contribution in [3.05, 3.63) is 62.8 Å². The molecule has 3 heterocycles. The maximum atomic E-state index is 12.9. The number of hydrogen-bond donors (Lipinski definition) is 0. The van der Waals surface area contributed by atoms with Crippen LogP contribution in [0.3, 0.4) is 0 Å². The van der Waals surface area contributed by atoms with Crippen LogP contribution in [0, 0.1) is 0 Å². The highest BCUT2D eigenvalue weighted by molar-refractivity contribution is 7.18. The lowest BCUT2D eigenvalue weighted by molar-refractivity contribution is -0.137. The predicted octanol–water partition coefficient (Wildman–Crippen LogP) is 4.06. The molecule has 1 aliphatic rings. The Morgan fingerprint density at radius 2 is 1.97 bits per heavy atom. The fourth-order valence-electron chi connectivity index (χ4n) is 3.52. The molecule has 5 rings (SSSR count). The first-order valence-corrected chi connectivity index (χ1v) is 9.72. The van der Waals surface area contributed by atoms with Crippen molar-refractivity contribution in [1.82, 2.24) is 19.7 Å². The van der Waals surface area contributed by atoms with Crippen molar-refractivity contribution in [1.29, 1.82) is 0 Å². The molecule has 1 aromatic carbocycles. The summed E-state index contributed by atoms with van der Waals surface area (Å²) in [4.78, 5) is 23.5. The van der Waals surface area contributed by atoms with Crippen LogP contribution in [0.2, 0.25) is 0 Å². The zero-order chi connectivity index (χ0) is 20.2. The maximum Gasteiger partial charge on any atom is 0.416 e. The van der Waals surface area contributed by atoms with Gasteiger partial charge in [-0.2, -0.15) is 18.2 Å². The van der Waals surface area contributed by atoms with Crippen molar-refractivity contribution in [3.8, 4) is 11.4 Å². The minimum atomic E-state index is -4.41. The van der Waals surface area contributed by atoms with Gasteiger partial charge >= 0.3 is 6.18 Å². The Bertz CT molecular complexity index is 1270.